The van der Waals surface area contributed by atoms with Gasteiger partial charge in [0, 0.05) is 26.2 Å². The number of carboxylic acid groups (broad SMARTS) is 1. The predicted molar refractivity (Wildman–Crippen MR) is 48.2 cm³/mol. The van der Waals surface area contributed by atoms with Crippen molar-refractivity contribution in [1.29, 1.82) is 0 Å². The normalized spacial score (nSPS) is 17.5. The number of hydrogen-bond donors (Lipinski definition) is 1. The molecule has 2 amide bonds. The summed E-state index contributed by atoms with van der Waals surface area (Å²) in [5.74, 6) is 0. The largest absolute Gasteiger partial charge is 0.465 e. The maximum absolute atomic E-state index is 11.1. The van der Waals surface area contributed by atoms with Crippen molar-refractivity contribution < 1.29 is 19.4 Å². The average Bonchev–Trinajstić information content (AvgIpc) is 2.41. The van der Waals surface area contributed by atoms with Gasteiger partial charge in [-0.05, 0) is 6.42 Å². The Hall–Kier alpha value is -1.46. The summed E-state index contributed by atoms with van der Waals surface area (Å²) >= 11 is 0. The summed E-state index contributed by atoms with van der Waals surface area (Å²) in [7, 11) is 1.32. The topological polar surface area (TPSA) is 70.1 Å². The first-order valence-corrected chi connectivity index (χ1v) is 4.46. The molecule has 6 nitrogen and oxygen atoms in total. The van der Waals surface area contributed by atoms with Gasteiger partial charge >= 0.3 is 12.2 Å². The van der Waals surface area contributed by atoms with Crippen LogP contribution in [0.4, 0.5) is 9.59 Å². The Morgan fingerprint density at radius 2 is 1.71 bits per heavy atom. The Morgan fingerprint density at radius 3 is 2.29 bits per heavy atom. The van der Waals surface area contributed by atoms with E-state index in [1.165, 1.54) is 16.9 Å². The van der Waals surface area contributed by atoms with Gasteiger partial charge in [0.1, 0.15) is 0 Å². The number of methoxy groups -OCH3 is 1. The van der Waals surface area contributed by atoms with Crippen LogP contribution >= 0.6 is 0 Å². The van der Waals surface area contributed by atoms with E-state index in [4.69, 9.17) is 5.11 Å². The van der Waals surface area contributed by atoms with Crippen LogP contribution in [0.3, 0.4) is 0 Å². The van der Waals surface area contributed by atoms with Gasteiger partial charge in [0.05, 0.1) is 7.11 Å². The third-order valence-electron chi connectivity index (χ3n) is 2.20. The summed E-state index contributed by atoms with van der Waals surface area (Å²) in [6.07, 6.45) is -0.671. The van der Waals surface area contributed by atoms with Gasteiger partial charge in [-0.25, -0.2) is 9.59 Å². The number of ether oxygens (including phenoxy) is 1. The summed E-state index contributed by atoms with van der Waals surface area (Å²) in [6, 6.07) is 0. The monoisotopic (exact) mass is 202 g/mol. The van der Waals surface area contributed by atoms with Crippen LogP contribution < -0.4 is 0 Å². The number of hydrogen-bond acceptors (Lipinski definition) is 3. The van der Waals surface area contributed by atoms with Gasteiger partial charge in [-0.3, -0.25) is 0 Å². The Bertz CT molecular complexity index is 231. The molecule has 1 rings (SSSR count). The highest BCUT2D eigenvalue weighted by molar-refractivity contribution is 5.68. The van der Waals surface area contributed by atoms with Crippen LogP contribution in [0.15, 0.2) is 0 Å². The van der Waals surface area contributed by atoms with Crippen molar-refractivity contribution in [3.8, 4) is 0 Å². The minimum absolute atomic E-state index is 0.352. The summed E-state index contributed by atoms with van der Waals surface area (Å²) in [5, 5.41) is 8.74. The van der Waals surface area contributed by atoms with Gasteiger partial charge in [-0.15, -0.1) is 0 Å². The molecule has 0 aromatic heterocycles. The second-order valence-corrected chi connectivity index (χ2v) is 3.08. The molecular weight excluding hydrogens is 188 g/mol. The first-order chi connectivity index (χ1) is 6.65. The van der Waals surface area contributed by atoms with Crippen molar-refractivity contribution in [1.82, 2.24) is 9.80 Å². The highest BCUT2D eigenvalue weighted by Crippen LogP contribution is 2.04. The van der Waals surface area contributed by atoms with Gasteiger partial charge in [-0.2, -0.15) is 0 Å². The number of amides is 2. The zero-order valence-corrected chi connectivity index (χ0v) is 8.10. The lowest BCUT2D eigenvalue weighted by Gasteiger charge is -2.18. The lowest BCUT2D eigenvalue weighted by Crippen LogP contribution is -2.36. The van der Waals surface area contributed by atoms with Gasteiger partial charge in [0.15, 0.2) is 0 Å². The second kappa shape index (κ2) is 4.69. The van der Waals surface area contributed by atoms with E-state index >= 15 is 0 Å². The third-order valence-corrected chi connectivity index (χ3v) is 2.20. The molecule has 0 unspecified atom stereocenters. The summed E-state index contributed by atoms with van der Waals surface area (Å²) in [6.45, 7) is 1.78. The molecule has 1 N–H and O–H groups in total. The minimum atomic E-state index is -0.934. The highest BCUT2D eigenvalue weighted by Gasteiger charge is 2.21. The summed E-state index contributed by atoms with van der Waals surface area (Å²) in [5.41, 5.74) is 0. The van der Waals surface area contributed by atoms with Crippen molar-refractivity contribution in [2.45, 2.75) is 6.42 Å². The molecule has 0 aromatic carbocycles. The van der Waals surface area contributed by atoms with E-state index in [1.54, 1.807) is 0 Å². The molecule has 1 aliphatic rings. The number of carbonyl (C=O) groups excluding carboxylic acids is 1. The van der Waals surface area contributed by atoms with Crippen molar-refractivity contribution in [2.24, 2.45) is 0 Å². The molecule has 0 bridgehead atoms. The van der Waals surface area contributed by atoms with E-state index in [2.05, 4.69) is 4.74 Å². The molecule has 6 heteroatoms. The van der Waals surface area contributed by atoms with E-state index in [1.807, 2.05) is 0 Å². The first-order valence-electron chi connectivity index (χ1n) is 4.46. The second-order valence-electron chi connectivity index (χ2n) is 3.08. The quantitative estimate of drug-likeness (QED) is 0.618. The fraction of sp³-hybridized carbons (Fsp3) is 0.750. The van der Waals surface area contributed by atoms with Crippen LogP contribution in [0.2, 0.25) is 0 Å². The molecule has 1 fully saturated rings. The minimum Gasteiger partial charge on any atom is -0.465 e. The lowest BCUT2D eigenvalue weighted by atomic mass is 10.4. The molecule has 0 spiro atoms. The van der Waals surface area contributed by atoms with Gasteiger partial charge < -0.3 is 19.6 Å². The third kappa shape index (κ3) is 2.51. The van der Waals surface area contributed by atoms with Crippen LogP contribution in [0.1, 0.15) is 6.42 Å². The standard InChI is InChI=1S/C8H14N2O4/c1-14-8(13)10-4-2-3-9(5-6-10)7(11)12/h2-6H2,1H3,(H,11,12). The van der Waals surface area contributed by atoms with Crippen molar-refractivity contribution >= 4 is 12.2 Å². The highest BCUT2D eigenvalue weighted by atomic mass is 16.5. The molecular formula is C8H14N2O4. The molecule has 0 atom stereocenters. The van der Waals surface area contributed by atoms with Crippen LogP contribution in [-0.4, -0.2) is 60.4 Å². The number of carbonyl (C=O) groups is 2. The zero-order chi connectivity index (χ0) is 10.6. The molecule has 14 heavy (non-hydrogen) atoms. The summed E-state index contributed by atoms with van der Waals surface area (Å²) in [4.78, 5) is 24.6. The van der Waals surface area contributed by atoms with Crippen LogP contribution in [0.5, 0.6) is 0 Å². The average molecular weight is 202 g/mol. The van der Waals surface area contributed by atoms with Gasteiger partial charge in [-0.1, -0.05) is 0 Å². The van der Waals surface area contributed by atoms with Gasteiger partial charge in [0.2, 0.25) is 0 Å². The molecule has 1 heterocycles. The smallest absolute Gasteiger partial charge is 0.409 e. The fourth-order valence-electron chi connectivity index (χ4n) is 1.42. The Labute approximate surface area is 82.0 Å². The van der Waals surface area contributed by atoms with Crippen molar-refractivity contribution in [3.63, 3.8) is 0 Å². The fourth-order valence-corrected chi connectivity index (χ4v) is 1.42. The maximum atomic E-state index is 11.1. The SMILES string of the molecule is COC(=O)N1CCCN(C(=O)O)CC1. The number of nitrogens with zero attached hydrogens (tertiary/aromatic N) is 2. The lowest BCUT2D eigenvalue weighted by molar-refractivity contribution is 0.122. The number of rotatable bonds is 0. The Balaban J connectivity index is 2.48. The van der Waals surface area contributed by atoms with E-state index < -0.39 is 12.2 Å². The van der Waals surface area contributed by atoms with E-state index in [-0.39, 0.29) is 0 Å². The molecule has 1 saturated heterocycles. The van der Waals surface area contributed by atoms with Crippen LogP contribution in [0.25, 0.3) is 0 Å². The molecule has 80 valence electrons. The van der Waals surface area contributed by atoms with Gasteiger partial charge in [0.25, 0.3) is 0 Å². The molecule has 0 radical (unpaired) electrons. The summed E-state index contributed by atoms with van der Waals surface area (Å²) < 4.78 is 4.56. The zero-order valence-electron chi connectivity index (χ0n) is 8.10. The molecule has 0 aliphatic carbocycles. The van der Waals surface area contributed by atoms with E-state index in [0.29, 0.717) is 32.6 Å². The van der Waals surface area contributed by atoms with Crippen LogP contribution in [-0.2, 0) is 4.74 Å². The molecule has 0 saturated carbocycles. The Morgan fingerprint density at radius 1 is 1.14 bits per heavy atom. The Kier molecular flexibility index (Phi) is 3.55. The van der Waals surface area contributed by atoms with Crippen molar-refractivity contribution in [2.75, 3.05) is 33.3 Å². The molecule has 0 aromatic rings. The first kappa shape index (κ1) is 10.6. The van der Waals surface area contributed by atoms with Crippen LogP contribution in [0, 0.1) is 0 Å². The van der Waals surface area contributed by atoms with E-state index in [0.717, 1.165) is 0 Å². The van der Waals surface area contributed by atoms with Crippen molar-refractivity contribution in [3.05, 3.63) is 0 Å². The predicted octanol–water partition coefficient (Wildman–Crippen LogP) is 0.439. The van der Waals surface area contributed by atoms with E-state index in [9.17, 15) is 9.59 Å². The maximum Gasteiger partial charge on any atom is 0.409 e. The molecule has 1 aliphatic heterocycles.